The highest BCUT2D eigenvalue weighted by Crippen LogP contribution is 2.38. The Morgan fingerprint density at radius 2 is 1.03 bits per heavy atom. The smallest absolute Gasteiger partial charge is 0.338 e. The summed E-state index contributed by atoms with van der Waals surface area (Å²) in [6.07, 6.45) is -7.08. The first kappa shape index (κ1) is 25.2. The van der Waals surface area contributed by atoms with Crippen molar-refractivity contribution in [2.45, 2.75) is 36.8 Å². The van der Waals surface area contributed by atoms with E-state index >= 15 is 0 Å². The zero-order chi connectivity index (χ0) is 26.2. The zero-order valence-corrected chi connectivity index (χ0v) is 17.5. The second-order valence-corrected chi connectivity index (χ2v) is 7.85. The molecule has 35 heavy (non-hydrogen) atoms. The second kappa shape index (κ2) is 9.08. The molecule has 0 aromatic heterocycles. The van der Waals surface area contributed by atoms with Crippen LogP contribution in [-0.2, 0) is 14.3 Å². The van der Waals surface area contributed by atoms with Gasteiger partial charge in [-0.15, -0.1) is 0 Å². The number of phenols is 6. The Bertz CT molecular complexity index is 1060. The van der Waals surface area contributed by atoms with Gasteiger partial charge < -0.3 is 55.4 Å². The Balaban J connectivity index is 1.86. The fraction of sp³-hybridized carbons (Fsp3) is 0.286. The fourth-order valence-corrected chi connectivity index (χ4v) is 3.48. The summed E-state index contributed by atoms with van der Waals surface area (Å²) in [5.74, 6) is -9.74. The number of carboxylic acids is 1. The molecule has 2 atom stereocenters. The molecule has 0 amide bonds. The molecule has 14 heteroatoms. The number of hydrogen-bond donors (Lipinski definition) is 9. The summed E-state index contributed by atoms with van der Waals surface area (Å²) in [5, 5.41) is 87.5. The van der Waals surface area contributed by atoms with Crippen LogP contribution in [0, 0.1) is 0 Å². The summed E-state index contributed by atoms with van der Waals surface area (Å²) in [6, 6.07) is 2.88. The Morgan fingerprint density at radius 3 is 1.31 bits per heavy atom. The SMILES string of the molecule is O=C(O[C@@H]1CC(O)(C(=O)O)C[C@@H](OC(=O)c2cc(O)c(O)c(O)c2)C1O)c1cc(O)c(O)c(O)c1. The molecule has 1 saturated carbocycles. The molecule has 0 unspecified atom stereocenters. The van der Waals surface area contributed by atoms with E-state index in [-0.39, 0.29) is 0 Å². The van der Waals surface area contributed by atoms with Crippen molar-refractivity contribution in [3.8, 4) is 34.5 Å². The molecule has 14 nitrogen and oxygen atoms in total. The molecule has 9 N–H and O–H groups in total. The van der Waals surface area contributed by atoms with E-state index in [1.54, 1.807) is 0 Å². The maximum absolute atomic E-state index is 12.5. The lowest BCUT2D eigenvalue weighted by Gasteiger charge is -2.40. The van der Waals surface area contributed by atoms with Crippen molar-refractivity contribution < 1.29 is 69.8 Å². The van der Waals surface area contributed by atoms with Crippen LogP contribution >= 0.6 is 0 Å². The van der Waals surface area contributed by atoms with Crippen molar-refractivity contribution in [3.63, 3.8) is 0 Å². The topological polar surface area (TPSA) is 252 Å². The van der Waals surface area contributed by atoms with Gasteiger partial charge >= 0.3 is 17.9 Å². The van der Waals surface area contributed by atoms with Crippen molar-refractivity contribution >= 4 is 17.9 Å². The first-order chi connectivity index (χ1) is 16.2. The van der Waals surface area contributed by atoms with Crippen LogP contribution in [0.25, 0.3) is 0 Å². The van der Waals surface area contributed by atoms with E-state index in [0.717, 1.165) is 24.3 Å². The highest BCUT2D eigenvalue weighted by molar-refractivity contribution is 5.92. The van der Waals surface area contributed by atoms with Gasteiger partial charge in [0.2, 0.25) is 0 Å². The largest absolute Gasteiger partial charge is 0.504 e. The number of ether oxygens (including phenoxy) is 2. The quantitative estimate of drug-likeness (QED) is 0.189. The molecule has 0 radical (unpaired) electrons. The van der Waals surface area contributed by atoms with Crippen molar-refractivity contribution in [1.29, 1.82) is 0 Å². The van der Waals surface area contributed by atoms with Crippen molar-refractivity contribution in [2.75, 3.05) is 0 Å². The summed E-state index contributed by atoms with van der Waals surface area (Å²) >= 11 is 0. The lowest BCUT2D eigenvalue weighted by Crippen LogP contribution is -2.58. The van der Waals surface area contributed by atoms with Gasteiger partial charge in [0.15, 0.2) is 40.1 Å². The Labute approximate surface area is 195 Å². The van der Waals surface area contributed by atoms with Gasteiger partial charge in [-0.2, -0.15) is 0 Å². The number of esters is 2. The van der Waals surface area contributed by atoms with Crippen molar-refractivity contribution in [2.24, 2.45) is 0 Å². The van der Waals surface area contributed by atoms with Gasteiger partial charge in [0, 0.05) is 12.8 Å². The molecule has 3 rings (SSSR count). The number of aromatic hydroxyl groups is 6. The van der Waals surface area contributed by atoms with Crippen LogP contribution < -0.4 is 0 Å². The molecule has 1 fully saturated rings. The number of benzene rings is 2. The van der Waals surface area contributed by atoms with E-state index in [1.165, 1.54) is 0 Å². The maximum atomic E-state index is 12.5. The highest BCUT2D eigenvalue weighted by atomic mass is 16.6. The van der Waals surface area contributed by atoms with Crippen LogP contribution in [0.5, 0.6) is 34.5 Å². The van der Waals surface area contributed by atoms with Crippen molar-refractivity contribution in [1.82, 2.24) is 0 Å². The molecule has 0 bridgehead atoms. The van der Waals surface area contributed by atoms with Crippen LogP contribution in [0.3, 0.4) is 0 Å². The molecule has 1 aliphatic rings. The van der Waals surface area contributed by atoms with Gasteiger partial charge in [-0.05, 0) is 24.3 Å². The number of hydrogen-bond acceptors (Lipinski definition) is 13. The van der Waals surface area contributed by atoms with Gasteiger partial charge in [-0.1, -0.05) is 0 Å². The van der Waals surface area contributed by atoms with Crippen molar-refractivity contribution in [3.05, 3.63) is 35.4 Å². The molecule has 0 aliphatic heterocycles. The molecular formula is C21H20O14. The van der Waals surface area contributed by atoms with Gasteiger partial charge in [0.25, 0.3) is 0 Å². The van der Waals surface area contributed by atoms with E-state index in [4.69, 9.17) is 9.47 Å². The Kier molecular flexibility index (Phi) is 6.53. The molecule has 0 spiro atoms. The molecule has 0 saturated heterocycles. The lowest BCUT2D eigenvalue weighted by atomic mass is 9.79. The normalized spacial score (nSPS) is 23.9. The molecule has 188 valence electrons. The zero-order valence-electron chi connectivity index (χ0n) is 17.5. The van der Waals surface area contributed by atoms with E-state index in [0.29, 0.717) is 0 Å². The summed E-state index contributed by atoms with van der Waals surface area (Å²) in [7, 11) is 0. The summed E-state index contributed by atoms with van der Waals surface area (Å²) < 4.78 is 10.1. The summed E-state index contributed by atoms with van der Waals surface area (Å²) in [4.78, 5) is 36.6. The van der Waals surface area contributed by atoms with Crippen LogP contribution in [-0.4, -0.2) is 87.8 Å². The number of carbonyl (C=O) groups excluding carboxylic acids is 2. The first-order valence-electron chi connectivity index (χ1n) is 9.79. The van der Waals surface area contributed by atoms with E-state index < -0.39 is 100 Å². The van der Waals surface area contributed by atoms with Gasteiger partial charge in [-0.25, -0.2) is 14.4 Å². The standard InChI is InChI=1S/C21H20O14/c22-9-1-7(2-10(23)15(9)26)18(29)34-13-5-21(33,20(31)32)6-14(17(13)28)35-19(30)8-3-11(24)16(27)12(25)4-8/h1-4,13-14,17,22-28,33H,5-6H2,(H,31,32)/t13-,14-,17?,21?/m1/s1. The molecule has 2 aromatic carbocycles. The Morgan fingerprint density at radius 1 is 0.714 bits per heavy atom. The fourth-order valence-electron chi connectivity index (χ4n) is 3.48. The molecular weight excluding hydrogens is 476 g/mol. The molecule has 1 aliphatic carbocycles. The second-order valence-electron chi connectivity index (χ2n) is 7.85. The minimum absolute atomic E-state index is 0.502. The van der Waals surface area contributed by atoms with Crippen LogP contribution in [0.1, 0.15) is 33.6 Å². The number of phenolic OH excluding ortho intramolecular Hbond substituents is 6. The van der Waals surface area contributed by atoms with Gasteiger partial charge in [-0.3, -0.25) is 0 Å². The predicted molar refractivity (Wildman–Crippen MR) is 109 cm³/mol. The van der Waals surface area contributed by atoms with Crippen LogP contribution in [0.4, 0.5) is 0 Å². The number of rotatable bonds is 5. The van der Waals surface area contributed by atoms with E-state index in [2.05, 4.69) is 0 Å². The highest BCUT2D eigenvalue weighted by Gasteiger charge is 2.52. The average molecular weight is 496 g/mol. The average Bonchev–Trinajstić information content (AvgIpc) is 2.77. The van der Waals surface area contributed by atoms with Gasteiger partial charge in [0.05, 0.1) is 11.1 Å². The third-order valence-corrected chi connectivity index (χ3v) is 5.37. The number of carbonyl (C=O) groups is 3. The number of aliphatic carboxylic acids is 1. The monoisotopic (exact) mass is 496 g/mol. The molecule has 2 aromatic rings. The first-order valence-corrected chi connectivity index (χ1v) is 9.79. The van der Waals surface area contributed by atoms with E-state index in [9.17, 15) is 60.3 Å². The number of carboxylic acid groups (broad SMARTS) is 1. The Hall–Kier alpha value is -4.43. The third-order valence-electron chi connectivity index (χ3n) is 5.37. The minimum atomic E-state index is -2.63. The number of aliphatic hydroxyl groups excluding tert-OH is 1. The van der Waals surface area contributed by atoms with Crippen LogP contribution in [0.15, 0.2) is 24.3 Å². The third kappa shape index (κ3) is 4.92. The minimum Gasteiger partial charge on any atom is -0.504 e. The summed E-state index contributed by atoms with van der Waals surface area (Å²) in [6.45, 7) is 0. The summed E-state index contributed by atoms with van der Waals surface area (Å²) in [5.41, 5.74) is -3.64. The maximum Gasteiger partial charge on any atom is 0.338 e. The predicted octanol–water partition coefficient (Wildman–Crippen LogP) is -0.358. The lowest BCUT2D eigenvalue weighted by molar-refractivity contribution is -0.187. The van der Waals surface area contributed by atoms with E-state index in [1.807, 2.05) is 0 Å². The van der Waals surface area contributed by atoms with Gasteiger partial charge in [0.1, 0.15) is 18.3 Å². The number of aliphatic hydroxyl groups is 2. The van der Waals surface area contributed by atoms with Crippen LogP contribution in [0.2, 0.25) is 0 Å². The molecule has 0 heterocycles.